The minimum absolute atomic E-state index is 0.00367. The molecule has 1 aromatic carbocycles. The van der Waals surface area contributed by atoms with Crippen LogP contribution >= 0.6 is 11.3 Å². The molecule has 2 unspecified atom stereocenters. The topological polar surface area (TPSA) is 89.5 Å². The molecule has 10 heteroatoms. The van der Waals surface area contributed by atoms with E-state index < -0.39 is 5.92 Å². The molecule has 2 aliphatic rings. The summed E-state index contributed by atoms with van der Waals surface area (Å²) >= 11 is 1.80. The number of aliphatic hydroxyl groups excluding tert-OH is 1. The molecular formula is C34H49N5O4S. The highest BCUT2D eigenvalue weighted by atomic mass is 32.1. The van der Waals surface area contributed by atoms with Crippen molar-refractivity contribution in [2.75, 3.05) is 59.8 Å². The number of nitrogens with zero attached hydrogens (tertiary/aromatic N) is 5. The van der Waals surface area contributed by atoms with Crippen molar-refractivity contribution in [3.63, 3.8) is 0 Å². The molecule has 2 fully saturated rings. The van der Waals surface area contributed by atoms with Crippen molar-refractivity contribution in [1.29, 1.82) is 0 Å². The van der Waals surface area contributed by atoms with E-state index in [-0.39, 0.29) is 18.7 Å². The average molecular weight is 624 g/mol. The molecule has 1 N–H and O–H groups in total. The fraction of sp³-hybridized carbons (Fsp3) is 0.500. The van der Waals surface area contributed by atoms with Gasteiger partial charge in [-0.05, 0) is 76.0 Å². The molecule has 5 rings (SSSR count). The molecule has 3 aromatic rings. The number of ether oxygens (including phenoxy) is 1. The van der Waals surface area contributed by atoms with Gasteiger partial charge in [0, 0.05) is 50.3 Å². The fourth-order valence-electron chi connectivity index (χ4n) is 5.43. The highest BCUT2D eigenvalue weighted by Gasteiger charge is 2.40. The van der Waals surface area contributed by atoms with E-state index in [9.17, 15) is 14.7 Å². The van der Waals surface area contributed by atoms with Gasteiger partial charge >= 0.3 is 5.97 Å². The van der Waals surface area contributed by atoms with E-state index in [4.69, 9.17) is 4.74 Å². The number of anilines is 1. The van der Waals surface area contributed by atoms with Crippen LogP contribution in [0.15, 0.2) is 72.2 Å². The maximum absolute atomic E-state index is 12.4. The van der Waals surface area contributed by atoms with Crippen LogP contribution in [0.3, 0.4) is 0 Å². The van der Waals surface area contributed by atoms with E-state index in [2.05, 4.69) is 64.4 Å². The predicted molar refractivity (Wildman–Crippen MR) is 178 cm³/mol. The monoisotopic (exact) mass is 623 g/mol. The Bertz CT molecular complexity index is 1200. The second-order valence-corrected chi connectivity index (χ2v) is 12.8. The Hall–Kier alpha value is -3.31. The Morgan fingerprint density at radius 2 is 1.68 bits per heavy atom. The van der Waals surface area contributed by atoms with E-state index in [0.717, 1.165) is 50.3 Å². The number of rotatable bonds is 11. The third kappa shape index (κ3) is 11.3. The first-order valence-electron chi connectivity index (χ1n) is 15.2. The van der Waals surface area contributed by atoms with Crippen LogP contribution in [0.2, 0.25) is 0 Å². The Morgan fingerprint density at radius 3 is 2.20 bits per heavy atom. The van der Waals surface area contributed by atoms with Gasteiger partial charge in [-0.1, -0.05) is 42.5 Å². The van der Waals surface area contributed by atoms with Gasteiger partial charge in [-0.25, -0.2) is 4.98 Å². The molecular weight excluding hydrogens is 574 g/mol. The van der Waals surface area contributed by atoms with Crippen LogP contribution in [-0.4, -0.2) is 110 Å². The van der Waals surface area contributed by atoms with Crippen LogP contribution in [0, 0.1) is 0 Å². The summed E-state index contributed by atoms with van der Waals surface area (Å²) in [5.74, 6) is 0.189. The second kappa shape index (κ2) is 18.5. The van der Waals surface area contributed by atoms with Crippen molar-refractivity contribution >= 4 is 29.5 Å². The Kier molecular flexibility index (Phi) is 14.8. The lowest BCUT2D eigenvalue weighted by molar-refractivity contribution is -0.155. The lowest BCUT2D eigenvalue weighted by atomic mass is 9.98. The third-order valence-electron chi connectivity index (χ3n) is 7.93. The lowest BCUT2D eigenvalue weighted by Gasteiger charge is -2.36. The summed E-state index contributed by atoms with van der Waals surface area (Å²) in [7, 11) is 9.74. The number of amides is 1. The maximum Gasteiger partial charge on any atom is 0.316 e. The smallest absolute Gasteiger partial charge is 0.316 e. The number of carbonyl (C=O) groups excluding carboxylic acids is 2. The van der Waals surface area contributed by atoms with Crippen molar-refractivity contribution in [2.45, 2.75) is 56.3 Å². The van der Waals surface area contributed by atoms with Crippen LogP contribution in [0.1, 0.15) is 42.0 Å². The zero-order chi connectivity index (χ0) is 31.9. The van der Waals surface area contributed by atoms with Gasteiger partial charge in [-0.2, -0.15) is 0 Å². The number of thiophene rings is 1. The van der Waals surface area contributed by atoms with E-state index in [1.54, 1.807) is 25.4 Å². The zero-order valence-corrected chi connectivity index (χ0v) is 27.6. The number of hydrogen-bond acceptors (Lipinski definition) is 9. The SMILES string of the molecule is CN(C)C=O.CN(C)CCN(Cc1cccs1)c1ccccn1.CN1[C@@H]2CC[C@H]1CC(OC(=O)C(CO)c1ccccc1)C2. The molecule has 0 spiro atoms. The first kappa shape index (κ1) is 35.2. The molecule has 0 radical (unpaired) electrons. The Morgan fingerprint density at radius 1 is 1.02 bits per heavy atom. The molecule has 4 atom stereocenters. The van der Waals surface area contributed by atoms with Crippen molar-refractivity contribution in [2.24, 2.45) is 0 Å². The van der Waals surface area contributed by atoms with Gasteiger partial charge in [0.25, 0.3) is 0 Å². The summed E-state index contributed by atoms with van der Waals surface area (Å²) in [6, 6.07) is 20.8. The van der Waals surface area contributed by atoms with Gasteiger partial charge in [0.15, 0.2) is 0 Å². The number of pyridine rings is 1. The molecule has 240 valence electrons. The number of carbonyl (C=O) groups is 2. The van der Waals surface area contributed by atoms with E-state index in [1.165, 1.54) is 22.6 Å². The maximum atomic E-state index is 12.4. The molecule has 0 aliphatic carbocycles. The summed E-state index contributed by atoms with van der Waals surface area (Å²) in [6.45, 7) is 2.74. The number of likely N-dealkylation sites (N-methyl/N-ethyl adjacent to an activating group) is 1. The van der Waals surface area contributed by atoms with Crippen LogP contribution in [0.5, 0.6) is 0 Å². The molecule has 1 amide bonds. The fourth-order valence-corrected chi connectivity index (χ4v) is 6.15. The number of fused-ring (bicyclic) bond motifs is 2. The van der Waals surface area contributed by atoms with Crippen molar-refractivity contribution in [1.82, 2.24) is 19.7 Å². The van der Waals surface area contributed by atoms with Crippen LogP contribution in [0.25, 0.3) is 0 Å². The molecule has 2 aromatic heterocycles. The Labute approximate surface area is 267 Å². The molecule has 2 saturated heterocycles. The van der Waals surface area contributed by atoms with E-state index in [1.807, 2.05) is 48.7 Å². The van der Waals surface area contributed by atoms with Gasteiger partial charge in [-0.3, -0.25) is 9.59 Å². The molecule has 44 heavy (non-hydrogen) atoms. The first-order valence-corrected chi connectivity index (χ1v) is 16.1. The summed E-state index contributed by atoms with van der Waals surface area (Å²) in [4.78, 5) is 36.0. The quantitative estimate of drug-likeness (QED) is 0.249. The van der Waals surface area contributed by atoms with Gasteiger partial charge in [0.05, 0.1) is 13.2 Å². The average Bonchev–Trinajstić information content (AvgIpc) is 3.60. The standard InChI is InChI=1S/C17H23NO3.C14H19N3S.C3H7NO/c1-18-13-7-8-14(18)10-15(9-13)21-17(20)16(11-19)12-5-3-2-4-6-12;1-16(2)9-10-17(12-13-6-5-11-18-13)14-7-3-4-8-15-14;1-4(2)3-5/h2-6,13-16,19H,7-11H2,1H3;3-8,11H,9-10,12H2,1-2H3;3H,1-2H3/t13-,14+,15?,16?;;. The first-order chi connectivity index (χ1) is 21.2. The summed E-state index contributed by atoms with van der Waals surface area (Å²) in [6.07, 6.45) is 6.86. The van der Waals surface area contributed by atoms with Crippen molar-refractivity contribution in [3.8, 4) is 0 Å². The third-order valence-corrected chi connectivity index (χ3v) is 8.80. The van der Waals surface area contributed by atoms with Crippen LogP contribution in [0.4, 0.5) is 5.82 Å². The molecule has 0 saturated carbocycles. The second-order valence-electron chi connectivity index (χ2n) is 11.8. The van der Waals surface area contributed by atoms with E-state index >= 15 is 0 Å². The van der Waals surface area contributed by atoms with Gasteiger partial charge in [-0.15, -0.1) is 11.3 Å². The predicted octanol–water partition coefficient (Wildman–Crippen LogP) is 4.35. The van der Waals surface area contributed by atoms with Gasteiger partial charge in [0.1, 0.15) is 17.8 Å². The molecule has 2 bridgehead atoms. The number of hydrogen-bond donors (Lipinski definition) is 1. The lowest BCUT2D eigenvalue weighted by Crippen LogP contribution is -2.43. The summed E-state index contributed by atoms with van der Waals surface area (Å²) in [5.41, 5.74) is 0.820. The number of aromatic nitrogens is 1. The number of esters is 1. The molecule has 4 heterocycles. The van der Waals surface area contributed by atoms with Gasteiger partial charge < -0.3 is 29.4 Å². The number of benzene rings is 1. The van der Waals surface area contributed by atoms with Crippen molar-refractivity contribution in [3.05, 3.63) is 82.7 Å². The van der Waals surface area contributed by atoms with E-state index in [0.29, 0.717) is 12.1 Å². The largest absolute Gasteiger partial charge is 0.462 e. The Balaban J connectivity index is 0.000000211. The number of piperidine rings is 1. The van der Waals surface area contributed by atoms with Crippen molar-refractivity contribution < 1.29 is 19.4 Å². The highest BCUT2D eigenvalue weighted by molar-refractivity contribution is 7.09. The summed E-state index contributed by atoms with van der Waals surface area (Å²) in [5, 5.41) is 11.7. The molecule has 2 aliphatic heterocycles. The normalized spacial score (nSPS) is 19.6. The highest BCUT2D eigenvalue weighted by Crippen LogP contribution is 2.36. The minimum atomic E-state index is -0.566. The minimum Gasteiger partial charge on any atom is -0.462 e. The van der Waals surface area contributed by atoms with Gasteiger partial charge in [0.2, 0.25) is 6.41 Å². The zero-order valence-electron chi connectivity index (χ0n) is 26.8. The number of aliphatic hydroxyl groups is 1. The summed E-state index contributed by atoms with van der Waals surface area (Å²) < 4.78 is 5.70. The van der Waals surface area contributed by atoms with Crippen LogP contribution < -0.4 is 4.90 Å². The van der Waals surface area contributed by atoms with Crippen LogP contribution in [-0.2, 0) is 20.9 Å². The molecule has 9 nitrogen and oxygen atoms in total.